The average molecular weight is 445 g/mol. The average Bonchev–Trinajstić information content (AvgIpc) is 3.22. The summed E-state index contributed by atoms with van der Waals surface area (Å²) < 4.78 is 14.8. The zero-order chi connectivity index (χ0) is 22.8. The normalized spacial score (nSPS) is 10.6. The largest absolute Gasteiger partial charge is 0.311 e. The van der Waals surface area contributed by atoms with Gasteiger partial charge >= 0.3 is 0 Å². The number of fused-ring (bicyclic) bond motifs is 1. The van der Waals surface area contributed by atoms with E-state index in [1.165, 1.54) is 41.4 Å². The van der Waals surface area contributed by atoms with E-state index in [4.69, 9.17) is 5.26 Å². The molecule has 0 aliphatic carbocycles. The zero-order valence-corrected chi connectivity index (χ0v) is 17.9. The molecular weight excluding hydrogens is 429 g/mol. The van der Waals surface area contributed by atoms with E-state index in [1.54, 1.807) is 43.8 Å². The second kappa shape index (κ2) is 8.53. The van der Waals surface area contributed by atoms with Crippen molar-refractivity contribution in [1.29, 1.82) is 5.26 Å². The van der Waals surface area contributed by atoms with Gasteiger partial charge in [0.05, 0.1) is 15.1 Å². The lowest BCUT2D eigenvalue weighted by atomic mass is 10.1. The molecule has 9 heteroatoms. The van der Waals surface area contributed by atoms with Crippen LogP contribution in [-0.2, 0) is 4.79 Å². The van der Waals surface area contributed by atoms with Crippen LogP contribution in [0.3, 0.4) is 0 Å². The first-order chi connectivity index (χ1) is 15.4. The van der Waals surface area contributed by atoms with Gasteiger partial charge in [0, 0.05) is 54.8 Å². The number of rotatable bonds is 4. The van der Waals surface area contributed by atoms with E-state index in [-0.39, 0.29) is 17.4 Å². The van der Waals surface area contributed by atoms with E-state index in [0.717, 1.165) is 21.2 Å². The van der Waals surface area contributed by atoms with Crippen LogP contribution in [-0.4, -0.2) is 28.8 Å². The van der Waals surface area contributed by atoms with E-state index in [9.17, 15) is 14.0 Å². The number of anilines is 2. The number of nitrogens with zero attached hydrogens (tertiary/aromatic N) is 4. The summed E-state index contributed by atoms with van der Waals surface area (Å²) in [7, 11) is 1.55. The highest BCUT2D eigenvalue weighted by Crippen LogP contribution is 2.34. The summed E-state index contributed by atoms with van der Waals surface area (Å²) in [5.41, 5.74) is 1.86. The molecule has 32 heavy (non-hydrogen) atoms. The van der Waals surface area contributed by atoms with E-state index in [1.807, 2.05) is 6.07 Å². The Balaban J connectivity index is 1.67. The third-order valence-electron chi connectivity index (χ3n) is 4.80. The zero-order valence-electron chi connectivity index (χ0n) is 17.1. The molecule has 3 aromatic heterocycles. The fourth-order valence-electron chi connectivity index (χ4n) is 3.19. The quantitative estimate of drug-likeness (QED) is 0.495. The van der Waals surface area contributed by atoms with E-state index in [2.05, 4.69) is 15.3 Å². The molecule has 1 N–H and O–H groups in total. The van der Waals surface area contributed by atoms with Crippen LogP contribution in [0.25, 0.3) is 21.2 Å². The number of halogens is 1. The van der Waals surface area contributed by atoms with Gasteiger partial charge in [0.1, 0.15) is 17.7 Å². The van der Waals surface area contributed by atoms with Gasteiger partial charge in [-0.2, -0.15) is 5.26 Å². The second-order valence-corrected chi connectivity index (χ2v) is 8.05. The molecule has 0 spiro atoms. The van der Waals surface area contributed by atoms with Crippen molar-refractivity contribution in [3.8, 4) is 17.2 Å². The standard InChI is InChI=1S/C23H16FN5O2S/c1-13(30)28-22-6-4-15(10-27-22)18-11-26-12-21-17(18)8-20(32-21)23(31)29(2)16-5-3-14(9-25)19(24)7-16/h3-8,10-12H,1-2H3,(H,27,28,30). The van der Waals surface area contributed by atoms with Crippen LogP contribution < -0.4 is 10.2 Å². The number of thiophene rings is 1. The molecule has 4 rings (SSSR count). The highest BCUT2D eigenvalue weighted by atomic mass is 32.1. The molecule has 2 amide bonds. The minimum atomic E-state index is -0.678. The molecule has 0 saturated heterocycles. The molecule has 7 nitrogen and oxygen atoms in total. The lowest BCUT2D eigenvalue weighted by molar-refractivity contribution is -0.114. The van der Waals surface area contributed by atoms with Gasteiger partial charge in [-0.05, 0) is 36.4 Å². The second-order valence-electron chi connectivity index (χ2n) is 6.96. The highest BCUT2D eigenvalue weighted by Gasteiger charge is 2.19. The molecule has 0 bridgehead atoms. The molecule has 158 valence electrons. The summed E-state index contributed by atoms with van der Waals surface area (Å²) in [6.45, 7) is 1.41. The number of carbonyl (C=O) groups is 2. The SMILES string of the molecule is CC(=O)Nc1ccc(-c2cncc3sc(C(=O)N(C)c4ccc(C#N)c(F)c4)cc23)cn1. The van der Waals surface area contributed by atoms with E-state index < -0.39 is 5.82 Å². The minimum absolute atomic E-state index is 0.0784. The Kier molecular flexibility index (Phi) is 5.62. The first-order valence-corrected chi connectivity index (χ1v) is 10.3. The Bertz CT molecular complexity index is 1390. The third-order valence-corrected chi connectivity index (χ3v) is 5.86. The lowest BCUT2D eigenvalue weighted by Gasteiger charge is -2.16. The molecule has 0 saturated carbocycles. The highest BCUT2D eigenvalue weighted by molar-refractivity contribution is 7.21. The lowest BCUT2D eigenvalue weighted by Crippen LogP contribution is -2.25. The predicted molar refractivity (Wildman–Crippen MR) is 121 cm³/mol. The van der Waals surface area contributed by atoms with Crippen LogP contribution in [0.5, 0.6) is 0 Å². The maximum atomic E-state index is 14.0. The number of aromatic nitrogens is 2. The Hall–Kier alpha value is -4.16. The van der Waals surface area contributed by atoms with E-state index >= 15 is 0 Å². The number of hydrogen-bond acceptors (Lipinski definition) is 6. The number of pyridine rings is 2. The van der Waals surface area contributed by atoms with Crippen LogP contribution in [0.15, 0.2) is 55.0 Å². The molecule has 0 fully saturated rings. The Morgan fingerprint density at radius 2 is 1.97 bits per heavy atom. The van der Waals surface area contributed by atoms with Crippen molar-refractivity contribution in [2.75, 3.05) is 17.3 Å². The summed E-state index contributed by atoms with van der Waals surface area (Å²) in [4.78, 5) is 34.6. The van der Waals surface area contributed by atoms with Gasteiger partial charge < -0.3 is 10.2 Å². The maximum Gasteiger partial charge on any atom is 0.268 e. The van der Waals surface area contributed by atoms with Crippen LogP contribution >= 0.6 is 11.3 Å². The Labute approximate surface area is 186 Å². The van der Waals surface area contributed by atoms with Crippen molar-refractivity contribution >= 4 is 44.7 Å². The molecule has 0 aliphatic heterocycles. The van der Waals surface area contributed by atoms with Gasteiger partial charge in [0.15, 0.2) is 0 Å². The Morgan fingerprint density at radius 3 is 2.62 bits per heavy atom. The summed E-state index contributed by atoms with van der Waals surface area (Å²) in [5, 5.41) is 12.3. The van der Waals surface area contributed by atoms with Gasteiger partial charge in [-0.25, -0.2) is 9.37 Å². The van der Waals surface area contributed by atoms with Crippen LogP contribution in [0.2, 0.25) is 0 Å². The number of carbonyl (C=O) groups excluding carboxylic acids is 2. The maximum absolute atomic E-state index is 14.0. The first kappa shape index (κ1) is 21.1. The topological polar surface area (TPSA) is 99.0 Å². The number of nitrogens with one attached hydrogen (secondary N) is 1. The molecule has 1 aromatic carbocycles. The number of amides is 2. The van der Waals surface area contributed by atoms with Crippen LogP contribution in [0, 0.1) is 17.1 Å². The van der Waals surface area contributed by atoms with Gasteiger partial charge in [-0.15, -0.1) is 11.3 Å². The van der Waals surface area contributed by atoms with Crippen LogP contribution in [0.1, 0.15) is 22.2 Å². The molecule has 0 atom stereocenters. The summed E-state index contributed by atoms with van der Waals surface area (Å²) >= 11 is 1.28. The van der Waals surface area contributed by atoms with Crippen molar-refractivity contribution in [3.05, 3.63) is 71.2 Å². The predicted octanol–water partition coefficient (Wildman–Crippen LogP) is 4.60. The van der Waals surface area contributed by atoms with Gasteiger partial charge in [-0.1, -0.05) is 0 Å². The summed E-state index contributed by atoms with van der Waals surface area (Å²) in [6.07, 6.45) is 5.01. The van der Waals surface area contributed by atoms with Crippen molar-refractivity contribution in [3.63, 3.8) is 0 Å². The summed E-state index contributed by atoms with van der Waals surface area (Å²) in [5.74, 6) is -0.747. The van der Waals surface area contributed by atoms with Gasteiger partial charge in [-0.3, -0.25) is 14.6 Å². The fraction of sp³-hybridized carbons (Fsp3) is 0.0870. The van der Waals surface area contributed by atoms with Gasteiger partial charge in [0.25, 0.3) is 5.91 Å². The van der Waals surface area contributed by atoms with Crippen molar-refractivity contribution < 1.29 is 14.0 Å². The molecule has 0 radical (unpaired) electrons. The molecule has 4 aromatic rings. The van der Waals surface area contributed by atoms with Crippen molar-refractivity contribution in [2.45, 2.75) is 6.92 Å². The van der Waals surface area contributed by atoms with Gasteiger partial charge in [0.2, 0.25) is 5.91 Å². The monoisotopic (exact) mass is 445 g/mol. The summed E-state index contributed by atoms with van der Waals surface area (Å²) in [6, 6.07) is 11.1. The fourth-order valence-corrected chi connectivity index (χ4v) is 4.22. The first-order valence-electron chi connectivity index (χ1n) is 9.46. The molecule has 3 heterocycles. The van der Waals surface area contributed by atoms with E-state index in [0.29, 0.717) is 16.4 Å². The Morgan fingerprint density at radius 1 is 1.16 bits per heavy atom. The van der Waals surface area contributed by atoms with Crippen LogP contribution in [0.4, 0.5) is 15.9 Å². The minimum Gasteiger partial charge on any atom is -0.311 e. The number of benzene rings is 1. The molecule has 0 unspecified atom stereocenters. The number of hydrogen-bond donors (Lipinski definition) is 1. The number of nitriles is 1. The smallest absolute Gasteiger partial charge is 0.268 e. The van der Waals surface area contributed by atoms with Crippen molar-refractivity contribution in [1.82, 2.24) is 9.97 Å². The third kappa shape index (κ3) is 4.04. The molecule has 0 aliphatic rings. The van der Waals surface area contributed by atoms with Crippen molar-refractivity contribution in [2.24, 2.45) is 0 Å². The molecular formula is C23H16FN5O2S.